The SMILES string of the molecule is COc1ccnc(COc2ccc(CCl)cc2F)c1OC. The fraction of sp³-hybridized carbons (Fsp3) is 0.267. The third kappa shape index (κ3) is 3.55. The summed E-state index contributed by atoms with van der Waals surface area (Å²) in [6, 6.07) is 6.28. The van der Waals surface area contributed by atoms with Crippen molar-refractivity contribution in [2.24, 2.45) is 0 Å². The number of aromatic nitrogens is 1. The summed E-state index contributed by atoms with van der Waals surface area (Å²) in [5, 5.41) is 0. The maximum atomic E-state index is 13.8. The molecule has 0 amide bonds. The molecule has 0 atom stereocenters. The molecule has 0 N–H and O–H groups in total. The van der Waals surface area contributed by atoms with Gasteiger partial charge in [-0.2, -0.15) is 0 Å². The van der Waals surface area contributed by atoms with Crippen LogP contribution in [0.4, 0.5) is 4.39 Å². The Morgan fingerprint density at radius 2 is 1.95 bits per heavy atom. The average molecular weight is 312 g/mol. The van der Waals surface area contributed by atoms with E-state index < -0.39 is 5.82 Å². The Kier molecular flexibility index (Phi) is 5.22. The lowest BCUT2D eigenvalue weighted by Crippen LogP contribution is -2.04. The van der Waals surface area contributed by atoms with E-state index in [1.807, 2.05) is 0 Å². The second kappa shape index (κ2) is 7.13. The molecule has 4 nitrogen and oxygen atoms in total. The van der Waals surface area contributed by atoms with E-state index in [2.05, 4.69) is 4.98 Å². The zero-order valence-electron chi connectivity index (χ0n) is 11.7. The van der Waals surface area contributed by atoms with Crippen LogP contribution in [-0.2, 0) is 12.5 Å². The van der Waals surface area contributed by atoms with Crippen molar-refractivity contribution in [2.75, 3.05) is 14.2 Å². The van der Waals surface area contributed by atoms with Gasteiger partial charge in [-0.3, -0.25) is 4.98 Å². The lowest BCUT2D eigenvalue weighted by atomic mass is 10.2. The maximum absolute atomic E-state index is 13.8. The van der Waals surface area contributed by atoms with Crippen molar-refractivity contribution in [1.82, 2.24) is 4.98 Å². The molecule has 2 aromatic rings. The van der Waals surface area contributed by atoms with Crippen LogP contribution < -0.4 is 14.2 Å². The summed E-state index contributed by atoms with van der Waals surface area (Å²) in [5.41, 5.74) is 1.22. The summed E-state index contributed by atoms with van der Waals surface area (Å²) in [6.45, 7) is 0.0670. The molecule has 21 heavy (non-hydrogen) atoms. The van der Waals surface area contributed by atoms with Gasteiger partial charge in [0.1, 0.15) is 12.3 Å². The summed E-state index contributed by atoms with van der Waals surface area (Å²) in [7, 11) is 3.05. The maximum Gasteiger partial charge on any atom is 0.185 e. The number of rotatable bonds is 6. The predicted octanol–water partition coefficient (Wildman–Crippen LogP) is 3.56. The molecule has 0 aliphatic rings. The number of alkyl halides is 1. The van der Waals surface area contributed by atoms with E-state index >= 15 is 0 Å². The third-order valence-corrected chi connectivity index (χ3v) is 3.19. The number of hydrogen-bond donors (Lipinski definition) is 0. The monoisotopic (exact) mass is 311 g/mol. The highest BCUT2D eigenvalue weighted by molar-refractivity contribution is 6.17. The van der Waals surface area contributed by atoms with Gasteiger partial charge in [-0.05, 0) is 17.7 Å². The second-order valence-electron chi connectivity index (χ2n) is 4.18. The van der Waals surface area contributed by atoms with Crippen molar-refractivity contribution >= 4 is 11.6 Å². The molecule has 6 heteroatoms. The minimum Gasteiger partial charge on any atom is -0.493 e. The van der Waals surface area contributed by atoms with Crippen molar-refractivity contribution in [1.29, 1.82) is 0 Å². The summed E-state index contributed by atoms with van der Waals surface area (Å²) < 4.78 is 29.7. The lowest BCUT2D eigenvalue weighted by Gasteiger charge is -2.13. The molecule has 0 aliphatic carbocycles. The van der Waals surface area contributed by atoms with Crippen LogP contribution in [0.1, 0.15) is 11.3 Å². The van der Waals surface area contributed by atoms with E-state index in [1.54, 1.807) is 24.4 Å². The van der Waals surface area contributed by atoms with Gasteiger partial charge in [-0.15, -0.1) is 11.6 Å². The average Bonchev–Trinajstić information content (AvgIpc) is 2.52. The lowest BCUT2D eigenvalue weighted by molar-refractivity contribution is 0.273. The summed E-state index contributed by atoms with van der Waals surface area (Å²) in [4.78, 5) is 4.16. The van der Waals surface area contributed by atoms with Crippen molar-refractivity contribution in [3.8, 4) is 17.2 Å². The Morgan fingerprint density at radius 3 is 2.57 bits per heavy atom. The highest BCUT2D eigenvalue weighted by Crippen LogP contribution is 2.30. The van der Waals surface area contributed by atoms with Gasteiger partial charge in [0.25, 0.3) is 0 Å². The minimum atomic E-state index is -0.463. The Labute approximate surface area is 127 Å². The largest absolute Gasteiger partial charge is 0.493 e. The van der Waals surface area contributed by atoms with Crippen LogP contribution in [0.5, 0.6) is 17.2 Å². The molecule has 1 heterocycles. The first-order chi connectivity index (χ1) is 10.2. The van der Waals surface area contributed by atoms with Gasteiger partial charge in [0.2, 0.25) is 0 Å². The van der Waals surface area contributed by atoms with Gasteiger partial charge in [0.15, 0.2) is 23.1 Å². The van der Waals surface area contributed by atoms with Crippen LogP contribution >= 0.6 is 11.6 Å². The first-order valence-corrected chi connectivity index (χ1v) is 6.76. The molecule has 0 bridgehead atoms. The highest BCUT2D eigenvalue weighted by Gasteiger charge is 2.13. The van der Waals surface area contributed by atoms with Crippen LogP contribution in [0.25, 0.3) is 0 Å². The number of pyridine rings is 1. The number of methoxy groups -OCH3 is 2. The van der Waals surface area contributed by atoms with Crippen LogP contribution in [0.2, 0.25) is 0 Å². The van der Waals surface area contributed by atoms with Gasteiger partial charge >= 0.3 is 0 Å². The fourth-order valence-corrected chi connectivity index (χ4v) is 2.01. The van der Waals surface area contributed by atoms with Crippen molar-refractivity contribution in [3.63, 3.8) is 0 Å². The first kappa shape index (κ1) is 15.4. The molecule has 0 spiro atoms. The van der Waals surface area contributed by atoms with Crippen molar-refractivity contribution < 1.29 is 18.6 Å². The Bertz CT molecular complexity index is 622. The molecule has 2 rings (SSSR count). The topological polar surface area (TPSA) is 40.6 Å². The number of nitrogens with zero attached hydrogens (tertiary/aromatic N) is 1. The van der Waals surface area contributed by atoms with E-state index in [9.17, 15) is 4.39 Å². The zero-order chi connectivity index (χ0) is 15.2. The molecule has 1 aromatic carbocycles. The molecule has 0 saturated carbocycles. The van der Waals surface area contributed by atoms with E-state index in [4.69, 9.17) is 25.8 Å². The smallest absolute Gasteiger partial charge is 0.185 e. The molecule has 0 saturated heterocycles. The normalized spacial score (nSPS) is 10.3. The van der Waals surface area contributed by atoms with Crippen LogP contribution in [0.3, 0.4) is 0 Å². The summed E-state index contributed by atoms with van der Waals surface area (Å²) in [5.74, 6) is 0.940. The Hall–Kier alpha value is -2.01. The number of hydrogen-bond acceptors (Lipinski definition) is 4. The Balaban J connectivity index is 2.16. The van der Waals surface area contributed by atoms with E-state index in [0.717, 1.165) is 0 Å². The second-order valence-corrected chi connectivity index (χ2v) is 4.45. The van der Waals surface area contributed by atoms with Crippen LogP contribution in [0.15, 0.2) is 30.5 Å². The van der Waals surface area contributed by atoms with Gasteiger partial charge < -0.3 is 14.2 Å². The molecule has 1 aromatic heterocycles. The van der Waals surface area contributed by atoms with E-state index in [-0.39, 0.29) is 18.2 Å². The van der Waals surface area contributed by atoms with E-state index in [0.29, 0.717) is 22.8 Å². The molecule has 0 aliphatic heterocycles. The standard InChI is InChI=1S/C15H15ClFNO3/c1-19-14-5-6-18-12(15(14)20-2)9-21-13-4-3-10(8-16)7-11(13)17/h3-7H,8-9H2,1-2H3. The van der Waals surface area contributed by atoms with Crippen molar-refractivity contribution in [3.05, 3.63) is 47.5 Å². The van der Waals surface area contributed by atoms with Gasteiger partial charge in [-0.25, -0.2) is 4.39 Å². The third-order valence-electron chi connectivity index (χ3n) is 2.88. The Morgan fingerprint density at radius 1 is 1.14 bits per heavy atom. The molecular weight excluding hydrogens is 297 g/mol. The first-order valence-electron chi connectivity index (χ1n) is 6.22. The predicted molar refractivity (Wildman–Crippen MR) is 77.6 cm³/mol. The molecular formula is C15H15ClFNO3. The summed E-state index contributed by atoms with van der Waals surface area (Å²) in [6.07, 6.45) is 1.58. The molecule has 0 unspecified atom stereocenters. The van der Waals surface area contributed by atoms with Crippen LogP contribution in [0, 0.1) is 5.82 Å². The molecule has 0 fully saturated rings. The van der Waals surface area contributed by atoms with E-state index in [1.165, 1.54) is 20.3 Å². The molecule has 112 valence electrons. The van der Waals surface area contributed by atoms with Gasteiger partial charge in [0, 0.05) is 18.1 Å². The zero-order valence-corrected chi connectivity index (χ0v) is 12.5. The number of ether oxygens (including phenoxy) is 3. The fourth-order valence-electron chi connectivity index (χ4n) is 1.84. The minimum absolute atomic E-state index is 0.0670. The van der Waals surface area contributed by atoms with Crippen molar-refractivity contribution in [2.45, 2.75) is 12.5 Å². The quantitative estimate of drug-likeness (QED) is 0.765. The number of benzene rings is 1. The van der Waals surface area contributed by atoms with Gasteiger partial charge in [-0.1, -0.05) is 6.07 Å². The highest BCUT2D eigenvalue weighted by atomic mass is 35.5. The van der Waals surface area contributed by atoms with Crippen LogP contribution in [-0.4, -0.2) is 19.2 Å². The van der Waals surface area contributed by atoms with Gasteiger partial charge in [0.05, 0.1) is 14.2 Å². The number of halogens is 2. The molecule has 0 radical (unpaired) electrons. The summed E-state index contributed by atoms with van der Waals surface area (Å²) >= 11 is 5.65.